The number of fused-ring (bicyclic) bond motifs is 1. The molecule has 0 spiro atoms. The van der Waals surface area contributed by atoms with Gasteiger partial charge in [-0.15, -0.1) is 0 Å². The number of carboxylic acids is 1. The number of carbonyl (C=O) groups is 1. The number of hydrogen-bond acceptors (Lipinski definition) is 4. The third-order valence-electron chi connectivity index (χ3n) is 3.78. The van der Waals surface area contributed by atoms with Gasteiger partial charge in [-0.3, -0.25) is 0 Å². The molecular formula is C14H18N4O2. The van der Waals surface area contributed by atoms with Crippen LogP contribution in [0.25, 0.3) is 5.52 Å². The molecule has 2 aromatic rings. The fourth-order valence-corrected chi connectivity index (χ4v) is 2.78. The molecule has 1 unspecified atom stereocenters. The molecular weight excluding hydrogens is 256 g/mol. The molecule has 6 nitrogen and oxygen atoms in total. The van der Waals surface area contributed by atoms with Gasteiger partial charge in [0.05, 0.1) is 5.52 Å². The Morgan fingerprint density at radius 1 is 1.55 bits per heavy atom. The van der Waals surface area contributed by atoms with Gasteiger partial charge in [-0.05, 0) is 31.5 Å². The van der Waals surface area contributed by atoms with Crippen LogP contribution in [0.1, 0.15) is 35.6 Å². The Morgan fingerprint density at radius 2 is 2.40 bits per heavy atom. The fraction of sp³-hybridized carbons (Fsp3) is 0.429. The maximum atomic E-state index is 11.3. The van der Waals surface area contributed by atoms with Gasteiger partial charge < -0.3 is 20.6 Å². The number of piperidine rings is 1. The molecule has 1 saturated heterocycles. The van der Waals surface area contributed by atoms with Crippen molar-refractivity contribution in [2.75, 3.05) is 12.3 Å². The van der Waals surface area contributed by atoms with Crippen molar-refractivity contribution < 1.29 is 9.90 Å². The van der Waals surface area contributed by atoms with E-state index >= 15 is 0 Å². The van der Waals surface area contributed by atoms with E-state index < -0.39 is 5.97 Å². The number of aromatic nitrogens is 2. The van der Waals surface area contributed by atoms with Crippen molar-refractivity contribution in [2.45, 2.75) is 31.7 Å². The molecule has 0 aromatic carbocycles. The van der Waals surface area contributed by atoms with Crippen LogP contribution < -0.4 is 11.1 Å². The minimum atomic E-state index is -1.02. The third-order valence-corrected chi connectivity index (χ3v) is 3.78. The molecule has 6 heteroatoms. The van der Waals surface area contributed by atoms with Crippen molar-refractivity contribution in [3.8, 4) is 0 Å². The number of hydrogen-bond donors (Lipinski definition) is 3. The van der Waals surface area contributed by atoms with E-state index in [1.165, 1.54) is 12.8 Å². The summed E-state index contributed by atoms with van der Waals surface area (Å²) < 4.78 is 1.83. The Labute approximate surface area is 116 Å². The van der Waals surface area contributed by atoms with E-state index in [9.17, 15) is 9.90 Å². The topological polar surface area (TPSA) is 92.7 Å². The standard InChI is InChI=1S/C14H18N4O2/c15-9-4-6-18-11(7-9)13(14(19)20)17-12(18)8-10-3-1-2-5-16-10/h4,6-7,10,16H,1-3,5,8,15H2,(H,19,20). The lowest BCUT2D eigenvalue weighted by Crippen LogP contribution is -2.36. The molecule has 3 rings (SSSR count). The van der Waals surface area contributed by atoms with Crippen molar-refractivity contribution in [1.29, 1.82) is 0 Å². The number of imidazole rings is 1. The number of nitrogens with two attached hydrogens (primary N) is 1. The summed E-state index contributed by atoms with van der Waals surface area (Å²) in [6.45, 7) is 1.02. The molecule has 106 valence electrons. The Kier molecular flexibility index (Phi) is 3.31. The maximum Gasteiger partial charge on any atom is 0.356 e. The van der Waals surface area contributed by atoms with Crippen LogP contribution in [-0.4, -0.2) is 33.0 Å². The second kappa shape index (κ2) is 5.13. The van der Waals surface area contributed by atoms with E-state index in [0.29, 0.717) is 17.2 Å². The number of rotatable bonds is 3. The zero-order valence-corrected chi connectivity index (χ0v) is 11.2. The van der Waals surface area contributed by atoms with Crippen molar-refractivity contribution >= 4 is 17.2 Å². The van der Waals surface area contributed by atoms with Crippen LogP contribution in [0.15, 0.2) is 18.3 Å². The molecule has 3 heterocycles. The average Bonchev–Trinajstić information content (AvgIpc) is 2.78. The highest BCUT2D eigenvalue weighted by molar-refractivity contribution is 5.94. The largest absolute Gasteiger partial charge is 0.476 e. The summed E-state index contributed by atoms with van der Waals surface area (Å²) in [6, 6.07) is 3.79. The molecule has 0 amide bonds. The molecule has 1 aliphatic rings. The molecule has 0 bridgehead atoms. The summed E-state index contributed by atoms with van der Waals surface area (Å²) in [6.07, 6.45) is 6.04. The van der Waals surface area contributed by atoms with Crippen molar-refractivity contribution in [1.82, 2.24) is 14.7 Å². The van der Waals surface area contributed by atoms with E-state index in [2.05, 4.69) is 10.3 Å². The van der Waals surface area contributed by atoms with E-state index in [0.717, 1.165) is 25.2 Å². The Hall–Kier alpha value is -2.08. The van der Waals surface area contributed by atoms with Crippen LogP contribution in [0.4, 0.5) is 5.69 Å². The number of anilines is 1. The molecule has 1 fully saturated rings. The van der Waals surface area contributed by atoms with Crippen LogP contribution in [0.2, 0.25) is 0 Å². The first-order chi connectivity index (χ1) is 9.65. The summed E-state index contributed by atoms with van der Waals surface area (Å²) in [5.74, 6) is -0.243. The van der Waals surface area contributed by atoms with Gasteiger partial charge >= 0.3 is 5.97 Å². The van der Waals surface area contributed by atoms with Crippen LogP contribution >= 0.6 is 0 Å². The molecule has 1 atom stereocenters. The van der Waals surface area contributed by atoms with Crippen LogP contribution in [-0.2, 0) is 6.42 Å². The Balaban J connectivity index is 1.99. The number of nitrogens with one attached hydrogen (secondary N) is 1. The third kappa shape index (κ3) is 2.34. The molecule has 2 aromatic heterocycles. The number of carboxylic acid groups (broad SMARTS) is 1. The molecule has 0 radical (unpaired) electrons. The Morgan fingerprint density at radius 3 is 3.10 bits per heavy atom. The summed E-state index contributed by atoms with van der Waals surface area (Å²) in [5, 5.41) is 12.7. The number of nitrogen functional groups attached to an aromatic ring is 1. The quantitative estimate of drug-likeness (QED) is 0.784. The van der Waals surface area contributed by atoms with E-state index in [4.69, 9.17) is 5.73 Å². The lowest BCUT2D eigenvalue weighted by atomic mass is 10.0. The van der Waals surface area contributed by atoms with Gasteiger partial charge in [-0.2, -0.15) is 0 Å². The zero-order valence-electron chi connectivity index (χ0n) is 11.2. The van der Waals surface area contributed by atoms with Gasteiger partial charge in [-0.1, -0.05) is 6.42 Å². The SMILES string of the molecule is Nc1ccn2c(CC3CCCCN3)nc(C(=O)O)c2c1. The lowest BCUT2D eigenvalue weighted by molar-refractivity contribution is 0.0693. The first-order valence-electron chi connectivity index (χ1n) is 6.88. The molecule has 0 saturated carbocycles. The summed E-state index contributed by atoms with van der Waals surface area (Å²) in [7, 11) is 0. The zero-order chi connectivity index (χ0) is 14.1. The highest BCUT2D eigenvalue weighted by atomic mass is 16.4. The van der Waals surface area contributed by atoms with Gasteiger partial charge in [0.25, 0.3) is 0 Å². The molecule has 20 heavy (non-hydrogen) atoms. The van der Waals surface area contributed by atoms with Crippen molar-refractivity contribution in [3.63, 3.8) is 0 Å². The first kappa shape index (κ1) is 12.9. The smallest absolute Gasteiger partial charge is 0.356 e. The predicted molar refractivity (Wildman–Crippen MR) is 75.9 cm³/mol. The summed E-state index contributed by atoms with van der Waals surface area (Å²) >= 11 is 0. The number of aromatic carboxylic acids is 1. The van der Waals surface area contributed by atoms with Gasteiger partial charge in [0, 0.05) is 24.3 Å². The number of pyridine rings is 1. The minimum Gasteiger partial charge on any atom is -0.476 e. The second-order valence-corrected chi connectivity index (χ2v) is 5.25. The monoisotopic (exact) mass is 274 g/mol. The van der Waals surface area contributed by atoms with Gasteiger partial charge in [0.1, 0.15) is 5.82 Å². The predicted octanol–water partition coefficient (Wildman–Crippen LogP) is 1.30. The lowest BCUT2D eigenvalue weighted by Gasteiger charge is -2.22. The average molecular weight is 274 g/mol. The number of nitrogens with zero attached hydrogens (tertiary/aromatic N) is 2. The normalized spacial score (nSPS) is 19.3. The van der Waals surface area contributed by atoms with E-state index in [1.54, 1.807) is 18.3 Å². The van der Waals surface area contributed by atoms with Crippen molar-refractivity contribution in [2.24, 2.45) is 0 Å². The molecule has 4 N–H and O–H groups in total. The van der Waals surface area contributed by atoms with Gasteiger partial charge in [-0.25, -0.2) is 9.78 Å². The van der Waals surface area contributed by atoms with Crippen LogP contribution in [0.5, 0.6) is 0 Å². The second-order valence-electron chi connectivity index (χ2n) is 5.25. The highest BCUT2D eigenvalue weighted by Crippen LogP contribution is 2.19. The summed E-state index contributed by atoms with van der Waals surface area (Å²) in [5.41, 5.74) is 6.91. The molecule has 1 aliphatic heterocycles. The van der Waals surface area contributed by atoms with Gasteiger partial charge in [0.15, 0.2) is 5.69 Å². The highest BCUT2D eigenvalue weighted by Gasteiger charge is 2.20. The van der Waals surface area contributed by atoms with Gasteiger partial charge in [0.2, 0.25) is 0 Å². The first-order valence-corrected chi connectivity index (χ1v) is 6.88. The Bertz CT molecular complexity index is 644. The van der Waals surface area contributed by atoms with Crippen molar-refractivity contribution in [3.05, 3.63) is 29.8 Å². The maximum absolute atomic E-state index is 11.3. The minimum absolute atomic E-state index is 0.0723. The van der Waals surface area contributed by atoms with Crippen LogP contribution in [0.3, 0.4) is 0 Å². The summed E-state index contributed by atoms with van der Waals surface area (Å²) in [4.78, 5) is 15.6. The van der Waals surface area contributed by atoms with Crippen LogP contribution in [0, 0.1) is 0 Å². The van der Waals surface area contributed by atoms with E-state index in [-0.39, 0.29) is 5.69 Å². The molecule has 0 aliphatic carbocycles. The van der Waals surface area contributed by atoms with E-state index in [1.807, 2.05) is 4.40 Å². The fourth-order valence-electron chi connectivity index (χ4n) is 2.78.